The second kappa shape index (κ2) is 8.11. The fraction of sp³-hybridized carbons (Fsp3) is 0.588. The lowest BCUT2D eigenvalue weighted by Crippen LogP contribution is -2.31. The highest BCUT2D eigenvalue weighted by molar-refractivity contribution is 5.95. The molecular weight excluding hydrogens is 234 g/mol. The van der Waals surface area contributed by atoms with Crippen LogP contribution in [0.5, 0.6) is 0 Å². The molecule has 0 radical (unpaired) electrons. The van der Waals surface area contributed by atoms with E-state index in [0.29, 0.717) is 12.5 Å². The third-order valence-electron chi connectivity index (χ3n) is 3.58. The van der Waals surface area contributed by atoms with Crippen LogP contribution < -0.4 is 0 Å². The van der Waals surface area contributed by atoms with Crippen LogP contribution in [0.1, 0.15) is 50.4 Å². The van der Waals surface area contributed by atoms with E-state index in [1.54, 1.807) is 0 Å². The molecule has 0 amide bonds. The fourth-order valence-corrected chi connectivity index (χ4v) is 2.34. The van der Waals surface area contributed by atoms with E-state index in [9.17, 15) is 4.79 Å². The molecule has 0 saturated heterocycles. The summed E-state index contributed by atoms with van der Waals surface area (Å²) in [5, 5.41) is 0. The molecule has 0 heterocycles. The summed E-state index contributed by atoms with van der Waals surface area (Å²) in [6, 6.07) is 10.2. The lowest BCUT2D eigenvalue weighted by Gasteiger charge is -2.25. The molecular formula is C17H27NO. The summed E-state index contributed by atoms with van der Waals surface area (Å²) < 4.78 is 0. The summed E-state index contributed by atoms with van der Waals surface area (Å²) >= 11 is 0. The first kappa shape index (κ1) is 15.9. The van der Waals surface area contributed by atoms with Crippen molar-refractivity contribution in [2.75, 3.05) is 13.6 Å². The van der Waals surface area contributed by atoms with Crippen molar-refractivity contribution < 1.29 is 4.79 Å². The Bertz CT molecular complexity index is 372. The summed E-state index contributed by atoms with van der Waals surface area (Å²) in [7, 11) is 2.15. The van der Waals surface area contributed by atoms with Crippen molar-refractivity contribution in [3.63, 3.8) is 0 Å². The molecule has 1 aromatic carbocycles. The zero-order chi connectivity index (χ0) is 14.3. The van der Waals surface area contributed by atoms with Gasteiger partial charge in [0.25, 0.3) is 0 Å². The van der Waals surface area contributed by atoms with Crippen molar-refractivity contribution in [1.82, 2.24) is 4.90 Å². The van der Waals surface area contributed by atoms with E-state index in [1.807, 2.05) is 30.3 Å². The number of benzene rings is 1. The number of carbonyl (C=O) groups excluding carboxylic acids is 1. The minimum Gasteiger partial charge on any atom is -0.304 e. The van der Waals surface area contributed by atoms with Crippen molar-refractivity contribution in [1.29, 1.82) is 0 Å². The van der Waals surface area contributed by atoms with Crippen molar-refractivity contribution in [3.05, 3.63) is 35.9 Å². The van der Waals surface area contributed by atoms with Gasteiger partial charge < -0.3 is 4.90 Å². The molecule has 0 saturated carbocycles. The number of ketones is 1. The topological polar surface area (TPSA) is 20.3 Å². The van der Waals surface area contributed by atoms with Gasteiger partial charge >= 0.3 is 0 Å². The van der Waals surface area contributed by atoms with Crippen LogP contribution in [0.4, 0.5) is 0 Å². The van der Waals surface area contributed by atoms with Gasteiger partial charge in [0.2, 0.25) is 0 Å². The molecule has 1 unspecified atom stereocenters. The van der Waals surface area contributed by atoms with Gasteiger partial charge in [-0.05, 0) is 39.3 Å². The Hall–Kier alpha value is -1.15. The minimum absolute atomic E-state index is 0.255. The van der Waals surface area contributed by atoms with Crippen LogP contribution in [0, 0.1) is 5.92 Å². The highest BCUT2D eigenvalue weighted by Gasteiger charge is 2.11. The normalized spacial score (nSPS) is 12.9. The minimum atomic E-state index is 0.255. The molecule has 1 aromatic rings. The Kier molecular flexibility index (Phi) is 6.79. The zero-order valence-corrected chi connectivity index (χ0v) is 12.7. The van der Waals surface area contributed by atoms with Gasteiger partial charge in [0.1, 0.15) is 0 Å². The van der Waals surface area contributed by atoms with Crippen molar-refractivity contribution in [2.24, 2.45) is 5.92 Å². The highest BCUT2D eigenvalue weighted by Crippen LogP contribution is 2.11. The van der Waals surface area contributed by atoms with Gasteiger partial charge in [-0.1, -0.05) is 44.2 Å². The van der Waals surface area contributed by atoms with E-state index >= 15 is 0 Å². The first-order valence-corrected chi connectivity index (χ1v) is 7.29. The number of hydrogen-bond acceptors (Lipinski definition) is 2. The standard InChI is InChI=1S/C17H27NO/c1-14(2)13-15(3)18(4)12-8-11-17(19)16-9-6-5-7-10-16/h5-7,9-10,14-15H,8,11-13H2,1-4H3. The molecule has 1 rings (SSSR count). The second-order valence-electron chi connectivity index (χ2n) is 5.85. The maximum absolute atomic E-state index is 12.0. The molecule has 0 aliphatic heterocycles. The number of nitrogens with zero attached hydrogens (tertiary/aromatic N) is 1. The van der Waals surface area contributed by atoms with Gasteiger partial charge in [-0.15, -0.1) is 0 Å². The van der Waals surface area contributed by atoms with Gasteiger partial charge in [-0.3, -0.25) is 4.79 Å². The lowest BCUT2D eigenvalue weighted by atomic mass is 10.0. The van der Waals surface area contributed by atoms with Crippen molar-refractivity contribution in [2.45, 2.75) is 46.1 Å². The molecule has 0 fully saturated rings. The summed E-state index contributed by atoms with van der Waals surface area (Å²) in [6.45, 7) is 7.76. The molecule has 0 aromatic heterocycles. The second-order valence-corrected chi connectivity index (χ2v) is 5.85. The smallest absolute Gasteiger partial charge is 0.162 e. The molecule has 0 spiro atoms. The monoisotopic (exact) mass is 261 g/mol. The molecule has 0 bridgehead atoms. The van der Waals surface area contributed by atoms with Crippen LogP contribution in [0.3, 0.4) is 0 Å². The van der Waals surface area contributed by atoms with E-state index in [2.05, 4.69) is 32.7 Å². The Balaban J connectivity index is 2.28. The lowest BCUT2D eigenvalue weighted by molar-refractivity contribution is 0.0973. The van der Waals surface area contributed by atoms with Crippen molar-refractivity contribution in [3.8, 4) is 0 Å². The predicted molar refractivity (Wildman–Crippen MR) is 81.6 cm³/mol. The van der Waals surface area contributed by atoms with E-state index < -0.39 is 0 Å². The average Bonchev–Trinajstić information content (AvgIpc) is 2.38. The van der Waals surface area contributed by atoms with Crippen LogP contribution in [-0.4, -0.2) is 30.3 Å². The number of hydrogen-bond donors (Lipinski definition) is 0. The van der Waals surface area contributed by atoms with Gasteiger partial charge in [-0.25, -0.2) is 0 Å². The SMILES string of the molecule is CC(C)CC(C)N(C)CCCC(=O)c1ccccc1. The molecule has 0 N–H and O–H groups in total. The molecule has 0 aliphatic carbocycles. The van der Waals surface area contributed by atoms with Crippen molar-refractivity contribution >= 4 is 5.78 Å². The maximum Gasteiger partial charge on any atom is 0.162 e. The first-order valence-electron chi connectivity index (χ1n) is 7.29. The van der Waals surface area contributed by atoms with Gasteiger partial charge in [0, 0.05) is 18.0 Å². The van der Waals surface area contributed by atoms with E-state index in [4.69, 9.17) is 0 Å². The van der Waals surface area contributed by atoms with Gasteiger partial charge in [-0.2, -0.15) is 0 Å². The third kappa shape index (κ3) is 6.02. The number of rotatable bonds is 8. The van der Waals surface area contributed by atoms with Crippen LogP contribution in [0.2, 0.25) is 0 Å². The summed E-state index contributed by atoms with van der Waals surface area (Å²) in [5.41, 5.74) is 0.834. The first-order chi connectivity index (χ1) is 9.00. The van der Waals surface area contributed by atoms with Crippen LogP contribution >= 0.6 is 0 Å². The number of Topliss-reactive ketones (excluding diaryl/α,β-unsaturated/α-hetero) is 1. The summed E-state index contributed by atoms with van der Waals surface area (Å²) in [4.78, 5) is 14.3. The largest absolute Gasteiger partial charge is 0.304 e. The molecule has 0 aliphatic rings. The molecule has 2 heteroatoms. The Labute approximate surface area is 117 Å². The highest BCUT2D eigenvalue weighted by atomic mass is 16.1. The maximum atomic E-state index is 12.0. The predicted octanol–water partition coefficient (Wildman–Crippen LogP) is 4.02. The molecule has 1 atom stereocenters. The van der Waals surface area contributed by atoms with Crippen LogP contribution in [0.25, 0.3) is 0 Å². The molecule has 19 heavy (non-hydrogen) atoms. The van der Waals surface area contributed by atoms with Gasteiger partial charge in [0.05, 0.1) is 0 Å². The summed E-state index contributed by atoms with van der Waals surface area (Å²) in [5.74, 6) is 0.980. The van der Waals surface area contributed by atoms with Crippen LogP contribution in [-0.2, 0) is 0 Å². The zero-order valence-electron chi connectivity index (χ0n) is 12.7. The average molecular weight is 261 g/mol. The molecule has 2 nitrogen and oxygen atoms in total. The van der Waals surface area contributed by atoms with E-state index in [-0.39, 0.29) is 5.78 Å². The summed E-state index contributed by atoms with van der Waals surface area (Å²) in [6.07, 6.45) is 2.79. The Morgan fingerprint density at radius 1 is 1.16 bits per heavy atom. The number of carbonyl (C=O) groups is 1. The molecule has 106 valence electrons. The van der Waals surface area contributed by atoms with E-state index in [1.165, 1.54) is 6.42 Å². The Morgan fingerprint density at radius 3 is 2.37 bits per heavy atom. The van der Waals surface area contributed by atoms with E-state index in [0.717, 1.165) is 24.4 Å². The van der Waals surface area contributed by atoms with Crippen LogP contribution in [0.15, 0.2) is 30.3 Å². The quantitative estimate of drug-likeness (QED) is 0.659. The Morgan fingerprint density at radius 2 is 1.79 bits per heavy atom. The fourth-order valence-electron chi connectivity index (χ4n) is 2.34. The third-order valence-corrected chi connectivity index (χ3v) is 3.58. The van der Waals surface area contributed by atoms with Gasteiger partial charge in [0.15, 0.2) is 5.78 Å².